The summed E-state index contributed by atoms with van der Waals surface area (Å²) in [5.74, 6) is 0.691. The van der Waals surface area contributed by atoms with Crippen molar-refractivity contribution in [1.82, 2.24) is 19.5 Å². The van der Waals surface area contributed by atoms with Crippen molar-refractivity contribution >= 4 is 11.6 Å². The van der Waals surface area contributed by atoms with Crippen LogP contribution in [0.3, 0.4) is 0 Å². The van der Waals surface area contributed by atoms with Gasteiger partial charge in [0.15, 0.2) is 12.3 Å². The Bertz CT molecular complexity index is 1000. The van der Waals surface area contributed by atoms with Crippen LogP contribution in [0, 0.1) is 0 Å². The lowest BCUT2D eigenvalue weighted by atomic mass is 9.97. The summed E-state index contributed by atoms with van der Waals surface area (Å²) in [7, 11) is 0. The van der Waals surface area contributed by atoms with Crippen molar-refractivity contribution in [3.05, 3.63) is 60.0 Å². The van der Waals surface area contributed by atoms with E-state index in [2.05, 4.69) is 10.2 Å². The molecule has 1 aromatic carbocycles. The Morgan fingerprint density at radius 2 is 1.93 bits per heavy atom. The maximum atomic E-state index is 13.1. The monoisotopic (exact) mass is 404 g/mol. The lowest BCUT2D eigenvalue weighted by Gasteiger charge is -2.32. The standard InChI is InChI=1S/C20H19F3N4O2/c21-20(22,23)15-8-9-17-24-25-19(27(17)12-15)14-5-4-10-26(11-14)18(28)13-29-16-6-2-1-3-7-16/h1-3,6-9,12,14H,4-5,10-11,13H2. The number of carbonyl (C=O) groups is 1. The second kappa shape index (κ2) is 7.73. The lowest BCUT2D eigenvalue weighted by Crippen LogP contribution is -2.42. The molecule has 0 radical (unpaired) electrons. The molecule has 1 fully saturated rings. The van der Waals surface area contributed by atoms with Crippen LogP contribution in [0.1, 0.15) is 30.1 Å². The van der Waals surface area contributed by atoms with Crippen molar-refractivity contribution in [2.45, 2.75) is 24.9 Å². The number of para-hydroxylation sites is 1. The number of fused-ring (bicyclic) bond motifs is 1. The van der Waals surface area contributed by atoms with Crippen LogP contribution in [0.15, 0.2) is 48.7 Å². The molecule has 3 aromatic rings. The lowest BCUT2D eigenvalue weighted by molar-refractivity contribution is -0.138. The summed E-state index contributed by atoms with van der Waals surface area (Å²) in [6.07, 6.45) is -1.97. The molecule has 0 bridgehead atoms. The van der Waals surface area contributed by atoms with E-state index in [1.807, 2.05) is 18.2 Å². The van der Waals surface area contributed by atoms with Gasteiger partial charge >= 0.3 is 6.18 Å². The number of amides is 1. The van der Waals surface area contributed by atoms with Gasteiger partial charge in [-0.2, -0.15) is 13.2 Å². The molecule has 1 unspecified atom stereocenters. The fourth-order valence-electron chi connectivity index (χ4n) is 3.52. The van der Waals surface area contributed by atoms with Gasteiger partial charge in [0.25, 0.3) is 5.91 Å². The molecule has 1 amide bonds. The number of halogens is 3. The zero-order valence-electron chi connectivity index (χ0n) is 15.5. The van der Waals surface area contributed by atoms with Crippen molar-refractivity contribution < 1.29 is 22.7 Å². The third-order valence-corrected chi connectivity index (χ3v) is 5.00. The molecule has 0 aliphatic carbocycles. The fraction of sp³-hybridized carbons (Fsp3) is 0.350. The molecule has 0 spiro atoms. The SMILES string of the molecule is O=C(COc1ccccc1)N1CCCC(c2nnc3ccc(C(F)(F)F)cn23)C1. The van der Waals surface area contributed by atoms with E-state index in [1.54, 1.807) is 17.0 Å². The fourth-order valence-corrected chi connectivity index (χ4v) is 3.52. The summed E-state index contributed by atoms with van der Waals surface area (Å²) in [6, 6.07) is 11.3. The Labute approximate surface area is 164 Å². The number of piperidine rings is 1. The van der Waals surface area contributed by atoms with Crippen LogP contribution in [0.5, 0.6) is 5.75 Å². The van der Waals surface area contributed by atoms with Crippen LogP contribution in [0.2, 0.25) is 0 Å². The molecule has 1 saturated heterocycles. The normalized spacial score (nSPS) is 17.5. The highest BCUT2D eigenvalue weighted by atomic mass is 19.4. The van der Waals surface area contributed by atoms with Crippen LogP contribution in [-0.4, -0.2) is 45.1 Å². The van der Waals surface area contributed by atoms with Crippen molar-refractivity contribution in [1.29, 1.82) is 0 Å². The third-order valence-electron chi connectivity index (χ3n) is 5.00. The molecule has 29 heavy (non-hydrogen) atoms. The Hall–Kier alpha value is -3.10. The predicted octanol–water partition coefficient (Wildman–Crippen LogP) is 3.53. The van der Waals surface area contributed by atoms with E-state index in [-0.39, 0.29) is 18.4 Å². The van der Waals surface area contributed by atoms with Gasteiger partial charge in [-0.15, -0.1) is 10.2 Å². The molecule has 6 nitrogen and oxygen atoms in total. The average molecular weight is 404 g/mol. The zero-order valence-corrected chi connectivity index (χ0v) is 15.5. The third kappa shape index (κ3) is 4.18. The first-order chi connectivity index (χ1) is 13.9. The molecule has 152 valence electrons. The molecule has 1 atom stereocenters. The predicted molar refractivity (Wildman–Crippen MR) is 98.5 cm³/mol. The minimum absolute atomic E-state index is 0.0878. The second-order valence-corrected chi connectivity index (χ2v) is 6.98. The zero-order chi connectivity index (χ0) is 20.4. The number of hydrogen-bond donors (Lipinski definition) is 0. The molecular formula is C20H19F3N4O2. The number of carbonyl (C=O) groups excluding carboxylic acids is 1. The summed E-state index contributed by atoms with van der Waals surface area (Å²) in [5.41, 5.74) is -0.407. The number of hydrogen-bond acceptors (Lipinski definition) is 4. The van der Waals surface area contributed by atoms with Gasteiger partial charge in [-0.3, -0.25) is 9.20 Å². The highest BCUT2D eigenvalue weighted by Crippen LogP contribution is 2.31. The minimum Gasteiger partial charge on any atom is -0.484 e. The quantitative estimate of drug-likeness (QED) is 0.668. The number of rotatable bonds is 4. The van der Waals surface area contributed by atoms with E-state index < -0.39 is 11.7 Å². The number of likely N-dealkylation sites (tertiary alicyclic amines) is 1. The van der Waals surface area contributed by atoms with E-state index in [9.17, 15) is 18.0 Å². The molecule has 1 aliphatic heterocycles. The summed E-state index contributed by atoms with van der Waals surface area (Å²) in [6.45, 7) is 0.863. The van der Waals surface area contributed by atoms with Crippen molar-refractivity contribution in [2.75, 3.05) is 19.7 Å². The van der Waals surface area contributed by atoms with Crippen molar-refractivity contribution in [3.63, 3.8) is 0 Å². The van der Waals surface area contributed by atoms with Crippen LogP contribution < -0.4 is 4.74 Å². The van der Waals surface area contributed by atoms with Crippen molar-refractivity contribution in [3.8, 4) is 5.75 Å². The van der Waals surface area contributed by atoms with E-state index in [0.717, 1.165) is 25.1 Å². The van der Waals surface area contributed by atoms with Crippen molar-refractivity contribution in [2.24, 2.45) is 0 Å². The largest absolute Gasteiger partial charge is 0.484 e. The van der Waals surface area contributed by atoms with E-state index in [4.69, 9.17) is 4.74 Å². The Morgan fingerprint density at radius 1 is 1.14 bits per heavy atom. The van der Waals surface area contributed by atoms with E-state index >= 15 is 0 Å². The van der Waals surface area contributed by atoms with Crippen LogP contribution in [0.25, 0.3) is 5.65 Å². The summed E-state index contributed by atoms with van der Waals surface area (Å²) < 4.78 is 46.1. The maximum absolute atomic E-state index is 13.1. The number of benzene rings is 1. The highest BCUT2D eigenvalue weighted by Gasteiger charge is 2.32. The van der Waals surface area contributed by atoms with Gasteiger partial charge in [-0.1, -0.05) is 18.2 Å². The maximum Gasteiger partial charge on any atom is 0.417 e. The van der Waals surface area contributed by atoms with Crippen LogP contribution >= 0.6 is 0 Å². The number of alkyl halides is 3. The Balaban J connectivity index is 1.49. The smallest absolute Gasteiger partial charge is 0.417 e. The van der Waals surface area contributed by atoms with Crippen LogP contribution in [0.4, 0.5) is 13.2 Å². The molecule has 4 rings (SSSR count). The molecule has 0 saturated carbocycles. The summed E-state index contributed by atoms with van der Waals surface area (Å²) in [5, 5.41) is 8.09. The molecule has 0 N–H and O–H groups in total. The number of pyridine rings is 1. The number of ether oxygens (including phenoxy) is 1. The topological polar surface area (TPSA) is 59.7 Å². The van der Waals surface area contributed by atoms with Crippen LogP contribution in [-0.2, 0) is 11.0 Å². The van der Waals surface area contributed by atoms with Gasteiger partial charge < -0.3 is 9.64 Å². The number of aromatic nitrogens is 3. The van der Waals surface area contributed by atoms with Gasteiger partial charge in [0.2, 0.25) is 0 Å². The first-order valence-electron chi connectivity index (χ1n) is 9.29. The first-order valence-corrected chi connectivity index (χ1v) is 9.29. The molecule has 9 heteroatoms. The Kier molecular flexibility index (Phi) is 5.12. The number of nitrogens with zero attached hydrogens (tertiary/aromatic N) is 4. The van der Waals surface area contributed by atoms with Gasteiger partial charge in [0.05, 0.1) is 5.56 Å². The highest BCUT2D eigenvalue weighted by molar-refractivity contribution is 5.78. The van der Waals surface area contributed by atoms with Gasteiger partial charge in [0, 0.05) is 25.2 Å². The summed E-state index contributed by atoms with van der Waals surface area (Å²) in [4.78, 5) is 14.2. The first kappa shape index (κ1) is 19.2. The molecule has 2 aromatic heterocycles. The van der Waals surface area contributed by atoms with E-state index in [1.165, 1.54) is 10.5 Å². The molecule has 3 heterocycles. The van der Waals surface area contributed by atoms with E-state index in [0.29, 0.717) is 30.3 Å². The molecule has 1 aliphatic rings. The summed E-state index contributed by atoms with van der Waals surface area (Å²) >= 11 is 0. The van der Waals surface area contributed by atoms with Gasteiger partial charge in [-0.25, -0.2) is 0 Å². The molecular weight excluding hydrogens is 385 g/mol. The Morgan fingerprint density at radius 3 is 2.69 bits per heavy atom. The van der Waals surface area contributed by atoms with Gasteiger partial charge in [-0.05, 0) is 37.1 Å². The second-order valence-electron chi connectivity index (χ2n) is 6.98. The average Bonchev–Trinajstić information content (AvgIpc) is 3.15. The minimum atomic E-state index is -4.45. The van der Waals surface area contributed by atoms with Gasteiger partial charge in [0.1, 0.15) is 11.6 Å².